The van der Waals surface area contributed by atoms with Crippen molar-refractivity contribution in [3.8, 4) is 12.3 Å². The van der Waals surface area contributed by atoms with Crippen LogP contribution in [0, 0.1) is 12.3 Å². The Morgan fingerprint density at radius 2 is 2.25 bits per heavy atom. The van der Waals surface area contributed by atoms with E-state index in [-0.39, 0.29) is 5.91 Å². The average molecular weight is 269 g/mol. The van der Waals surface area contributed by atoms with Gasteiger partial charge in [-0.15, -0.1) is 12.3 Å². The molecule has 4 N–H and O–H groups in total. The standard InChI is InChI=1S/C16H19N3O/c1-2-3-6-9-18-16(20)14(17)10-12-11-19-15-8-5-4-7-13(12)15/h1,4-5,7-8,11,14,19H,3,6,9-10,17H2,(H,18,20)/t14-/m0/s1. The predicted octanol–water partition coefficient (Wildman–Crippen LogP) is 1.57. The van der Waals surface area contributed by atoms with E-state index < -0.39 is 6.04 Å². The van der Waals surface area contributed by atoms with Crippen LogP contribution < -0.4 is 11.1 Å². The minimum Gasteiger partial charge on any atom is -0.361 e. The highest BCUT2D eigenvalue weighted by Gasteiger charge is 2.15. The molecule has 1 aromatic heterocycles. The average Bonchev–Trinajstić information content (AvgIpc) is 2.87. The lowest BCUT2D eigenvalue weighted by molar-refractivity contribution is -0.122. The zero-order chi connectivity index (χ0) is 14.4. The number of H-pyrrole nitrogens is 1. The number of nitrogens with one attached hydrogen (secondary N) is 2. The summed E-state index contributed by atoms with van der Waals surface area (Å²) in [5, 5.41) is 3.92. The van der Waals surface area contributed by atoms with Crippen LogP contribution in [0.15, 0.2) is 30.5 Å². The van der Waals surface area contributed by atoms with E-state index in [2.05, 4.69) is 16.2 Å². The molecule has 0 saturated carbocycles. The maximum absolute atomic E-state index is 11.9. The molecule has 0 bridgehead atoms. The number of fused-ring (bicyclic) bond motifs is 1. The minimum absolute atomic E-state index is 0.132. The quantitative estimate of drug-likeness (QED) is 0.550. The molecule has 4 heteroatoms. The van der Waals surface area contributed by atoms with Crippen molar-refractivity contribution >= 4 is 16.8 Å². The van der Waals surface area contributed by atoms with Crippen molar-refractivity contribution in [3.63, 3.8) is 0 Å². The lowest BCUT2D eigenvalue weighted by Crippen LogP contribution is -2.42. The number of unbranched alkanes of at least 4 members (excludes halogenated alkanes) is 1. The molecule has 0 aliphatic rings. The van der Waals surface area contributed by atoms with Gasteiger partial charge in [-0.25, -0.2) is 0 Å². The zero-order valence-corrected chi connectivity index (χ0v) is 11.4. The summed E-state index contributed by atoms with van der Waals surface area (Å²) in [7, 11) is 0. The molecule has 1 amide bonds. The fraction of sp³-hybridized carbons (Fsp3) is 0.312. The van der Waals surface area contributed by atoms with Gasteiger partial charge in [-0.1, -0.05) is 18.2 Å². The highest BCUT2D eigenvalue weighted by molar-refractivity contribution is 5.86. The molecule has 0 radical (unpaired) electrons. The molecule has 0 aliphatic heterocycles. The normalized spacial score (nSPS) is 12.0. The molecule has 0 unspecified atom stereocenters. The molecule has 1 aromatic carbocycles. The number of aromatic amines is 1. The maximum atomic E-state index is 11.9. The van der Waals surface area contributed by atoms with E-state index >= 15 is 0 Å². The third kappa shape index (κ3) is 3.40. The van der Waals surface area contributed by atoms with Crippen molar-refractivity contribution in [1.82, 2.24) is 10.3 Å². The van der Waals surface area contributed by atoms with Crippen LogP contribution in [0.4, 0.5) is 0 Å². The molecule has 104 valence electrons. The molecule has 1 atom stereocenters. The Kier molecular flexibility index (Phi) is 4.80. The summed E-state index contributed by atoms with van der Waals surface area (Å²) in [6.45, 7) is 0.574. The number of hydrogen-bond donors (Lipinski definition) is 3. The summed E-state index contributed by atoms with van der Waals surface area (Å²) in [6, 6.07) is 7.44. The Morgan fingerprint density at radius 1 is 1.45 bits per heavy atom. The van der Waals surface area contributed by atoms with Crippen molar-refractivity contribution in [2.75, 3.05) is 6.54 Å². The molecule has 2 aromatic rings. The first kappa shape index (κ1) is 14.2. The Labute approximate surface area is 118 Å². The van der Waals surface area contributed by atoms with E-state index in [1.165, 1.54) is 0 Å². The summed E-state index contributed by atoms with van der Waals surface area (Å²) in [4.78, 5) is 15.1. The second-order valence-corrected chi connectivity index (χ2v) is 4.77. The van der Waals surface area contributed by atoms with Crippen molar-refractivity contribution in [2.45, 2.75) is 25.3 Å². The van der Waals surface area contributed by atoms with Gasteiger partial charge in [-0.2, -0.15) is 0 Å². The van der Waals surface area contributed by atoms with Crippen LogP contribution in [0.2, 0.25) is 0 Å². The number of carbonyl (C=O) groups excluding carboxylic acids is 1. The van der Waals surface area contributed by atoms with Gasteiger partial charge in [0, 0.05) is 30.1 Å². The van der Waals surface area contributed by atoms with Gasteiger partial charge in [0.2, 0.25) is 5.91 Å². The molecular formula is C16H19N3O. The fourth-order valence-electron chi connectivity index (χ4n) is 2.16. The second-order valence-electron chi connectivity index (χ2n) is 4.77. The number of amides is 1. The van der Waals surface area contributed by atoms with Crippen LogP contribution in [0.1, 0.15) is 18.4 Å². The number of carbonyl (C=O) groups is 1. The number of terminal acetylenes is 1. The zero-order valence-electron chi connectivity index (χ0n) is 11.4. The third-order valence-electron chi connectivity index (χ3n) is 3.25. The van der Waals surface area contributed by atoms with E-state index in [0.717, 1.165) is 22.9 Å². The van der Waals surface area contributed by atoms with E-state index in [1.54, 1.807) is 0 Å². The number of rotatable bonds is 6. The summed E-state index contributed by atoms with van der Waals surface area (Å²) in [5.41, 5.74) is 8.07. The van der Waals surface area contributed by atoms with Crippen LogP contribution in [0.25, 0.3) is 10.9 Å². The van der Waals surface area contributed by atoms with Crippen molar-refractivity contribution in [3.05, 3.63) is 36.0 Å². The molecule has 2 rings (SSSR count). The maximum Gasteiger partial charge on any atom is 0.237 e. The van der Waals surface area contributed by atoms with Gasteiger partial charge in [-0.05, 0) is 24.5 Å². The first-order chi connectivity index (χ1) is 9.72. The molecule has 1 heterocycles. The Bertz CT molecular complexity index is 624. The topological polar surface area (TPSA) is 70.9 Å². The van der Waals surface area contributed by atoms with Gasteiger partial charge in [0.15, 0.2) is 0 Å². The van der Waals surface area contributed by atoms with Crippen LogP contribution in [0.3, 0.4) is 0 Å². The summed E-state index contributed by atoms with van der Waals surface area (Å²) >= 11 is 0. The minimum atomic E-state index is -0.542. The van der Waals surface area contributed by atoms with Crippen LogP contribution in [-0.4, -0.2) is 23.5 Å². The molecular weight excluding hydrogens is 250 g/mol. The van der Waals surface area contributed by atoms with Crippen LogP contribution in [0.5, 0.6) is 0 Å². The highest BCUT2D eigenvalue weighted by Crippen LogP contribution is 2.18. The van der Waals surface area contributed by atoms with Gasteiger partial charge in [0.05, 0.1) is 6.04 Å². The van der Waals surface area contributed by atoms with Crippen molar-refractivity contribution < 1.29 is 4.79 Å². The van der Waals surface area contributed by atoms with Gasteiger partial charge in [0.1, 0.15) is 0 Å². The lowest BCUT2D eigenvalue weighted by atomic mass is 10.1. The fourth-order valence-corrected chi connectivity index (χ4v) is 2.16. The van der Waals surface area contributed by atoms with E-state index in [9.17, 15) is 4.79 Å². The first-order valence-corrected chi connectivity index (χ1v) is 6.74. The van der Waals surface area contributed by atoms with Crippen molar-refractivity contribution in [2.24, 2.45) is 5.73 Å². The molecule has 4 nitrogen and oxygen atoms in total. The summed E-state index contributed by atoms with van der Waals surface area (Å²) in [6.07, 6.45) is 9.03. The van der Waals surface area contributed by atoms with Gasteiger partial charge >= 0.3 is 0 Å². The Morgan fingerprint density at radius 3 is 3.05 bits per heavy atom. The SMILES string of the molecule is C#CCCCNC(=O)[C@@H](N)Cc1c[nH]c2ccccc12. The number of para-hydroxylation sites is 1. The number of hydrogen-bond acceptors (Lipinski definition) is 2. The third-order valence-corrected chi connectivity index (χ3v) is 3.25. The van der Waals surface area contributed by atoms with Gasteiger partial charge in [0.25, 0.3) is 0 Å². The molecule has 0 fully saturated rings. The Hall–Kier alpha value is -2.25. The van der Waals surface area contributed by atoms with E-state index in [4.69, 9.17) is 12.2 Å². The second kappa shape index (κ2) is 6.78. The molecule has 0 aliphatic carbocycles. The lowest BCUT2D eigenvalue weighted by Gasteiger charge is -2.11. The predicted molar refractivity (Wildman–Crippen MR) is 81.1 cm³/mol. The summed E-state index contributed by atoms with van der Waals surface area (Å²) < 4.78 is 0. The van der Waals surface area contributed by atoms with Crippen LogP contribution >= 0.6 is 0 Å². The monoisotopic (exact) mass is 269 g/mol. The molecule has 0 saturated heterocycles. The van der Waals surface area contributed by atoms with E-state index in [0.29, 0.717) is 19.4 Å². The van der Waals surface area contributed by atoms with Gasteiger partial charge < -0.3 is 16.0 Å². The number of benzene rings is 1. The number of aromatic nitrogens is 1. The largest absolute Gasteiger partial charge is 0.361 e. The molecule has 0 spiro atoms. The molecule has 20 heavy (non-hydrogen) atoms. The van der Waals surface area contributed by atoms with Gasteiger partial charge in [-0.3, -0.25) is 4.79 Å². The summed E-state index contributed by atoms with van der Waals surface area (Å²) in [5.74, 6) is 2.41. The Balaban J connectivity index is 1.92. The highest BCUT2D eigenvalue weighted by atomic mass is 16.2. The van der Waals surface area contributed by atoms with Crippen molar-refractivity contribution in [1.29, 1.82) is 0 Å². The smallest absolute Gasteiger partial charge is 0.237 e. The van der Waals surface area contributed by atoms with E-state index in [1.807, 2.05) is 30.5 Å². The first-order valence-electron chi connectivity index (χ1n) is 6.74. The number of nitrogens with two attached hydrogens (primary N) is 1. The van der Waals surface area contributed by atoms with Crippen LogP contribution in [-0.2, 0) is 11.2 Å².